The fourth-order valence-electron chi connectivity index (χ4n) is 1.93. The molecule has 1 unspecified atom stereocenters. The molecule has 0 fully saturated rings. The number of halogens is 3. The zero-order chi connectivity index (χ0) is 14.9. The molecule has 3 N–H and O–H groups in total. The summed E-state index contributed by atoms with van der Waals surface area (Å²) < 4.78 is 39.0. The summed E-state index contributed by atoms with van der Waals surface area (Å²) in [6.07, 6.45) is -4.60. The minimum absolute atomic E-state index is 0.00882. The number of benzene rings is 1. The smallest absolute Gasteiger partial charge is 0.399 e. The topological polar surface area (TPSA) is 59.1 Å². The first kappa shape index (κ1) is 14.3. The van der Waals surface area contributed by atoms with Crippen molar-refractivity contribution in [1.82, 2.24) is 4.98 Å². The summed E-state index contributed by atoms with van der Waals surface area (Å²) in [5, 5.41) is 10.1. The van der Waals surface area contributed by atoms with Crippen LogP contribution in [0.4, 0.5) is 18.9 Å². The Hall–Kier alpha value is -2.08. The third-order valence-corrected chi connectivity index (χ3v) is 2.89. The summed E-state index contributed by atoms with van der Waals surface area (Å²) >= 11 is 0. The zero-order valence-electron chi connectivity index (χ0n) is 10.6. The number of aliphatic hydroxyl groups excluding tert-OH is 1. The maximum Gasteiger partial charge on any atom is 0.416 e. The predicted octanol–water partition coefficient (Wildman–Crippen LogP) is 3.07. The molecule has 1 aromatic carbocycles. The van der Waals surface area contributed by atoms with Gasteiger partial charge in [0, 0.05) is 11.9 Å². The van der Waals surface area contributed by atoms with Crippen molar-refractivity contribution in [2.24, 2.45) is 0 Å². The maximum atomic E-state index is 13.0. The fraction of sp³-hybridized carbons (Fsp3) is 0.214. The van der Waals surface area contributed by atoms with Gasteiger partial charge in [-0.3, -0.25) is 4.98 Å². The van der Waals surface area contributed by atoms with Crippen molar-refractivity contribution >= 4 is 5.69 Å². The van der Waals surface area contributed by atoms with Gasteiger partial charge in [-0.25, -0.2) is 0 Å². The first-order valence-corrected chi connectivity index (χ1v) is 5.86. The van der Waals surface area contributed by atoms with Gasteiger partial charge in [0.25, 0.3) is 0 Å². The van der Waals surface area contributed by atoms with Gasteiger partial charge in [0.05, 0.1) is 11.3 Å². The summed E-state index contributed by atoms with van der Waals surface area (Å²) in [5.41, 5.74) is 5.14. The Morgan fingerprint density at radius 2 is 1.90 bits per heavy atom. The minimum Gasteiger partial charge on any atom is -0.399 e. The lowest BCUT2D eigenvalue weighted by molar-refractivity contribution is -0.138. The molecule has 0 spiro atoms. The van der Waals surface area contributed by atoms with Gasteiger partial charge in [0.2, 0.25) is 0 Å². The van der Waals surface area contributed by atoms with Gasteiger partial charge in [0.15, 0.2) is 0 Å². The number of nitrogen functional groups attached to an aromatic ring is 1. The Balaban J connectivity index is 2.52. The van der Waals surface area contributed by atoms with Gasteiger partial charge in [-0.1, -0.05) is 6.07 Å². The number of alkyl halides is 3. The highest BCUT2D eigenvalue weighted by atomic mass is 19.4. The van der Waals surface area contributed by atoms with Crippen LogP contribution in [0.15, 0.2) is 36.5 Å². The van der Waals surface area contributed by atoms with Crippen molar-refractivity contribution < 1.29 is 18.3 Å². The van der Waals surface area contributed by atoms with Crippen LogP contribution < -0.4 is 5.73 Å². The van der Waals surface area contributed by atoms with Crippen molar-refractivity contribution in [3.05, 3.63) is 58.9 Å². The van der Waals surface area contributed by atoms with E-state index in [-0.39, 0.29) is 16.9 Å². The summed E-state index contributed by atoms with van der Waals surface area (Å²) in [6.45, 7) is 1.77. The Morgan fingerprint density at radius 1 is 1.20 bits per heavy atom. The molecular formula is C14H13F3N2O. The van der Waals surface area contributed by atoms with Crippen LogP contribution in [-0.2, 0) is 6.18 Å². The number of hydrogen-bond donors (Lipinski definition) is 2. The van der Waals surface area contributed by atoms with Crippen LogP contribution in [0.3, 0.4) is 0 Å². The number of nitrogens with zero attached hydrogens (tertiary/aromatic N) is 1. The molecule has 0 bridgehead atoms. The molecule has 106 valence electrons. The highest BCUT2D eigenvalue weighted by molar-refractivity contribution is 5.48. The van der Waals surface area contributed by atoms with E-state index in [4.69, 9.17) is 5.73 Å². The van der Waals surface area contributed by atoms with Crippen LogP contribution in [0.5, 0.6) is 0 Å². The predicted molar refractivity (Wildman–Crippen MR) is 68.9 cm³/mol. The van der Waals surface area contributed by atoms with E-state index in [2.05, 4.69) is 4.98 Å². The van der Waals surface area contributed by atoms with E-state index in [0.29, 0.717) is 0 Å². The van der Waals surface area contributed by atoms with Gasteiger partial charge >= 0.3 is 6.18 Å². The molecule has 1 aromatic heterocycles. The number of anilines is 1. The van der Waals surface area contributed by atoms with Gasteiger partial charge in [-0.15, -0.1) is 0 Å². The van der Waals surface area contributed by atoms with E-state index < -0.39 is 17.8 Å². The SMILES string of the molecule is Cc1ccnc(C(O)c2ccc(N)cc2C(F)(F)F)c1. The van der Waals surface area contributed by atoms with Gasteiger partial charge < -0.3 is 10.8 Å². The second kappa shape index (κ2) is 5.13. The number of aryl methyl sites for hydroxylation is 1. The molecule has 1 atom stereocenters. The van der Waals surface area contributed by atoms with Crippen LogP contribution in [-0.4, -0.2) is 10.1 Å². The van der Waals surface area contributed by atoms with Crippen LogP contribution in [0.25, 0.3) is 0 Å². The number of pyridine rings is 1. The monoisotopic (exact) mass is 282 g/mol. The molecule has 2 aromatic rings. The van der Waals surface area contributed by atoms with Gasteiger partial charge in [0.1, 0.15) is 6.10 Å². The number of hydrogen-bond acceptors (Lipinski definition) is 3. The summed E-state index contributed by atoms with van der Waals surface area (Å²) in [4.78, 5) is 3.91. The highest BCUT2D eigenvalue weighted by Gasteiger charge is 2.35. The van der Waals surface area contributed by atoms with E-state index in [0.717, 1.165) is 11.6 Å². The average molecular weight is 282 g/mol. The van der Waals surface area contributed by atoms with Gasteiger partial charge in [-0.05, 0) is 42.3 Å². The van der Waals surface area contributed by atoms with Crippen molar-refractivity contribution in [3.8, 4) is 0 Å². The van der Waals surface area contributed by atoms with Crippen LogP contribution in [0.2, 0.25) is 0 Å². The normalized spacial score (nSPS) is 13.2. The summed E-state index contributed by atoms with van der Waals surface area (Å²) in [5.74, 6) is 0. The largest absolute Gasteiger partial charge is 0.416 e. The standard InChI is InChI=1S/C14H13F3N2O/c1-8-4-5-19-12(6-8)13(20)10-3-2-9(18)7-11(10)14(15,16)17/h2-7,13,20H,18H2,1H3. The van der Waals surface area contributed by atoms with Crippen LogP contribution in [0, 0.1) is 6.92 Å². The first-order chi connectivity index (χ1) is 9.29. The molecule has 3 nitrogen and oxygen atoms in total. The van der Waals surface area contributed by atoms with E-state index in [9.17, 15) is 18.3 Å². The summed E-state index contributed by atoms with van der Waals surface area (Å²) in [6, 6.07) is 6.55. The molecule has 0 radical (unpaired) electrons. The number of aliphatic hydroxyl groups is 1. The number of nitrogens with two attached hydrogens (primary N) is 1. The molecule has 20 heavy (non-hydrogen) atoms. The van der Waals surface area contributed by atoms with Gasteiger partial charge in [-0.2, -0.15) is 13.2 Å². The molecule has 0 aliphatic rings. The van der Waals surface area contributed by atoms with Crippen molar-refractivity contribution in [2.45, 2.75) is 19.2 Å². The third-order valence-electron chi connectivity index (χ3n) is 2.89. The van der Waals surface area contributed by atoms with Crippen molar-refractivity contribution in [2.75, 3.05) is 5.73 Å². The lowest BCUT2D eigenvalue weighted by Gasteiger charge is -2.18. The molecular weight excluding hydrogens is 269 g/mol. The zero-order valence-corrected chi connectivity index (χ0v) is 10.6. The Labute approximate surface area is 113 Å². The minimum atomic E-state index is -4.59. The second-order valence-electron chi connectivity index (χ2n) is 4.51. The molecule has 0 saturated carbocycles. The third kappa shape index (κ3) is 2.91. The van der Waals surface area contributed by atoms with E-state index >= 15 is 0 Å². The van der Waals surface area contributed by atoms with E-state index in [1.54, 1.807) is 19.1 Å². The lowest BCUT2D eigenvalue weighted by atomic mass is 9.98. The molecule has 0 aliphatic heterocycles. The number of aromatic nitrogens is 1. The number of rotatable bonds is 2. The maximum absolute atomic E-state index is 13.0. The van der Waals surface area contributed by atoms with E-state index in [1.165, 1.54) is 18.3 Å². The highest BCUT2D eigenvalue weighted by Crippen LogP contribution is 2.37. The Bertz CT molecular complexity index is 626. The van der Waals surface area contributed by atoms with Crippen LogP contribution >= 0.6 is 0 Å². The molecule has 0 saturated heterocycles. The van der Waals surface area contributed by atoms with Crippen LogP contribution in [0.1, 0.15) is 28.5 Å². The van der Waals surface area contributed by atoms with E-state index in [1.807, 2.05) is 0 Å². The fourth-order valence-corrected chi connectivity index (χ4v) is 1.93. The second-order valence-corrected chi connectivity index (χ2v) is 4.51. The van der Waals surface area contributed by atoms with Crippen molar-refractivity contribution in [1.29, 1.82) is 0 Å². The average Bonchev–Trinajstić information content (AvgIpc) is 2.37. The Kier molecular flexibility index (Phi) is 3.67. The molecule has 0 aliphatic carbocycles. The summed E-state index contributed by atoms with van der Waals surface area (Å²) in [7, 11) is 0. The lowest BCUT2D eigenvalue weighted by Crippen LogP contribution is -2.14. The Morgan fingerprint density at radius 3 is 2.50 bits per heavy atom. The molecule has 0 amide bonds. The first-order valence-electron chi connectivity index (χ1n) is 5.86. The van der Waals surface area contributed by atoms with Crippen molar-refractivity contribution in [3.63, 3.8) is 0 Å². The quantitative estimate of drug-likeness (QED) is 0.832. The molecule has 2 rings (SSSR count). The molecule has 1 heterocycles. The molecule has 6 heteroatoms.